The second kappa shape index (κ2) is 11.3. The molecule has 0 aliphatic carbocycles. The number of carbonyl (C=O) groups is 2. The van der Waals surface area contributed by atoms with Gasteiger partial charge in [-0.2, -0.15) is 0 Å². The molecule has 2 aromatic carbocycles. The molecular weight excluding hydrogens is 410 g/mol. The Morgan fingerprint density at radius 2 is 1.71 bits per heavy atom. The van der Waals surface area contributed by atoms with E-state index in [4.69, 9.17) is 11.6 Å². The molecule has 2 amide bonds. The van der Waals surface area contributed by atoms with Crippen LogP contribution >= 0.6 is 11.6 Å². The van der Waals surface area contributed by atoms with E-state index in [0.29, 0.717) is 23.2 Å². The molecule has 2 aromatic rings. The van der Waals surface area contributed by atoms with E-state index < -0.39 is 6.04 Å². The van der Waals surface area contributed by atoms with Crippen LogP contribution in [0.5, 0.6) is 0 Å². The van der Waals surface area contributed by atoms with Gasteiger partial charge in [0.15, 0.2) is 0 Å². The number of piperidine rings is 1. The standard InChI is InChI=1S/C25H32ClN3O2/c1-18-12-14-29(15-13-18)19(2)17-27-24(30)16-23(20-8-4-3-5-9-20)28-25(31)21-10-6-7-11-22(21)26/h3-11,18-19,23H,12-17H2,1-2H3,(H,27,30)(H,28,31)/t19-,23-/m0/s1. The van der Waals surface area contributed by atoms with Crippen molar-refractivity contribution in [2.45, 2.75) is 45.2 Å². The van der Waals surface area contributed by atoms with Crippen molar-refractivity contribution in [1.29, 1.82) is 0 Å². The lowest BCUT2D eigenvalue weighted by atomic mass is 9.98. The summed E-state index contributed by atoms with van der Waals surface area (Å²) in [7, 11) is 0. The quantitative estimate of drug-likeness (QED) is 0.636. The molecule has 0 saturated carbocycles. The molecular formula is C25H32ClN3O2. The van der Waals surface area contributed by atoms with Gasteiger partial charge in [-0.3, -0.25) is 14.5 Å². The van der Waals surface area contributed by atoms with Gasteiger partial charge in [-0.1, -0.05) is 61.0 Å². The molecule has 1 fully saturated rings. The predicted molar refractivity (Wildman–Crippen MR) is 125 cm³/mol. The second-order valence-electron chi connectivity index (χ2n) is 8.49. The molecule has 1 aliphatic rings. The average molecular weight is 442 g/mol. The number of nitrogens with one attached hydrogen (secondary N) is 2. The summed E-state index contributed by atoms with van der Waals surface area (Å²) in [6.45, 7) is 7.22. The Hall–Kier alpha value is -2.37. The lowest BCUT2D eigenvalue weighted by Gasteiger charge is -2.35. The van der Waals surface area contributed by atoms with Crippen molar-refractivity contribution in [1.82, 2.24) is 15.5 Å². The Balaban J connectivity index is 1.60. The van der Waals surface area contributed by atoms with Crippen molar-refractivity contribution in [2.75, 3.05) is 19.6 Å². The zero-order valence-corrected chi connectivity index (χ0v) is 19.1. The second-order valence-corrected chi connectivity index (χ2v) is 8.90. The highest BCUT2D eigenvalue weighted by Crippen LogP contribution is 2.21. The van der Waals surface area contributed by atoms with Crippen LogP contribution in [0.25, 0.3) is 0 Å². The van der Waals surface area contributed by atoms with E-state index in [1.807, 2.05) is 30.3 Å². The number of nitrogens with zero attached hydrogens (tertiary/aromatic N) is 1. The Morgan fingerprint density at radius 3 is 2.39 bits per heavy atom. The summed E-state index contributed by atoms with van der Waals surface area (Å²) in [4.78, 5) is 28.0. The first-order chi connectivity index (χ1) is 14.9. The number of likely N-dealkylation sites (tertiary alicyclic amines) is 1. The van der Waals surface area contributed by atoms with Crippen LogP contribution < -0.4 is 10.6 Å². The summed E-state index contributed by atoms with van der Waals surface area (Å²) < 4.78 is 0. The average Bonchev–Trinajstić information content (AvgIpc) is 2.78. The van der Waals surface area contributed by atoms with Crippen molar-refractivity contribution in [3.05, 3.63) is 70.7 Å². The lowest BCUT2D eigenvalue weighted by molar-refractivity contribution is -0.121. The van der Waals surface area contributed by atoms with Gasteiger partial charge in [0.25, 0.3) is 5.91 Å². The van der Waals surface area contributed by atoms with Crippen LogP contribution in [0.1, 0.15) is 55.1 Å². The monoisotopic (exact) mass is 441 g/mol. The van der Waals surface area contributed by atoms with Gasteiger partial charge >= 0.3 is 0 Å². The maximum absolute atomic E-state index is 12.8. The fourth-order valence-electron chi connectivity index (χ4n) is 3.94. The number of amides is 2. The van der Waals surface area contributed by atoms with Crippen LogP contribution in [-0.2, 0) is 4.79 Å². The van der Waals surface area contributed by atoms with Crippen LogP contribution in [-0.4, -0.2) is 42.4 Å². The van der Waals surface area contributed by atoms with Gasteiger partial charge in [0.1, 0.15) is 0 Å². The zero-order chi connectivity index (χ0) is 22.2. The molecule has 6 heteroatoms. The highest BCUT2D eigenvalue weighted by atomic mass is 35.5. The third-order valence-corrected chi connectivity index (χ3v) is 6.38. The smallest absolute Gasteiger partial charge is 0.253 e. The van der Waals surface area contributed by atoms with Gasteiger partial charge in [0, 0.05) is 12.6 Å². The third-order valence-electron chi connectivity index (χ3n) is 6.05. The normalized spacial score (nSPS) is 17.0. The van der Waals surface area contributed by atoms with Crippen LogP contribution in [0.4, 0.5) is 0 Å². The Kier molecular flexibility index (Phi) is 8.50. The molecule has 1 heterocycles. The van der Waals surface area contributed by atoms with E-state index >= 15 is 0 Å². The minimum absolute atomic E-state index is 0.0782. The number of carbonyl (C=O) groups excluding carboxylic acids is 2. The minimum atomic E-state index is -0.434. The van der Waals surface area contributed by atoms with Crippen molar-refractivity contribution in [3.8, 4) is 0 Å². The Bertz CT molecular complexity index is 866. The highest BCUT2D eigenvalue weighted by molar-refractivity contribution is 6.33. The molecule has 1 saturated heterocycles. The van der Waals surface area contributed by atoms with Crippen LogP contribution in [0, 0.1) is 5.92 Å². The molecule has 2 N–H and O–H groups in total. The van der Waals surface area contributed by atoms with Gasteiger partial charge in [0.05, 0.1) is 23.0 Å². The maximum Gasteiger partial charge on any atom is 0.253 e. The predicted octanol–water partition coefficient (Wildman–Crippen LogP) is 4.44. The SMILES string of the molecule is CC1CCN([C@@H](C)CNC(=O)C[C@H](NC(=O)c2ccccc2Cl)c2ccccc2)CC1. The van der Waals surface area contributed by atoms with Gasteiger partial charge in [-0.25, -0.2) is 0 Å². The minimum Gasteiger partial charge on any atom is -0.354 e. The molecule has 0 bridgehead atoms. The van der Waals surface area contributed by atoms with E-state index in [2.05, 4.69) is 29.4 Å². The van der Waals surface area contributed by atoms with E-state index in [9.17, 15) is 9.59 Å². The van der Waals surface area contributed by atoms with Crippen molar-refractivity contribution < 1.29 is 9.59 Å². The fraction of sp³-hybridized carbons (Fsp3) is 0.440. The van der Waals surface area contributed by atoms with Crippen molar-refractivity contribution >= 4 is 23.4 Å². The van der Waals surface area contributed by atoms with E-state index in [-0.39, 0.29) is 18.2 Å². The first-order valence-electron chi connectivity index (χ1n) is 11.0. The van der Waals surface area contributed by atoms with E-state index in [0.717, 1.165) is 24.6 Å². The topological polar surface area (TPSA) is 61.4 Å². The van der Waals surface area contributed by atoms with Crippen LogP contribution in [0.15, 0.2) is 54.6 Å². The Labute approximate surface area is 190 Å². The number of halogens is 1. The number of hydrogen-bond acceptors (Lipinski definition) is 3. The molecule has 5 nitrogen and oxygen atoms in total. The largest absolute Gasteiger partial charge is 0.354 e. The molecule has 1 aliphatic heterocycles. The molecule has 166 valence electrons. The van der Waals surface area contributed by atoms with Gasteiger partial charge in [-0.05, 0) is 56.5 Å². The summed E-state index contributed by atoms with van der Waals surface area (Å²) in [5.74, 6) is 0.417. The lowest BCUT2D eigenvalue weighted by Crippen LogP contribution is -2.46. The van der Waals surface area contributed by atoms with Crippen LogP contribution in [0.3, 0.4) is 0 Å². The van der Waals surface area contributed by atoms with Crippen LogP contribution in [0.2, 0.25) is 5.02 Å². The van der Waals surface area contributed by atoms with Crippen molar-refractivity contribution in [2.24, 2.45) is 5.92 Å². The highest BCUT2D eigenvalue weighted by Gasteiger charge is 2.23. The zero-order valence-electron chi connectivity index (χ0n) is 18.3. The number of hydrogen-bond donors (Lipinski definition) is 2. The number of rotatable bonds is 8. The first-order valence-corrected chi connectivity index (χ1v) is 11.4. The molecule has 31 heavy (non-hydrogen) atoms. The molecule has 0 unspecified atom stereocenters. The summed E-state index contributed by atoms with van der Waals surface area (Å²) in [5.41, 5.74) is 1.29. The third kappa shape index (κ3) is 6.81. The fourth-order valence-corrected chi connectivity index (χ4v) is 4.16. The maximum atomic E-state index is 12.8. The van der Waals surface area contributed by atoms with Gasteiger partial charge in [-0.15, -0.1) is 0 Å². The summed E-state index contributed by atoms with van der Waals surface area (Å²) in [5, 5.41) is 6.43. The first kappa shape index (κ1) is 23.3. The molecule has 3 rings (SSSR count). The number of benzene rings is 2. The summed E-state index contributed by atoms with van der Waals surface area (Å²) in [6, 6.07) is 16.3. The molecule has 2 atom stereocenters. The van der Waals surface area contributed by atoms with E-state index in [1.165, 1.54) is 12.8 Å². The van der Waals surface area contributed by atoms with Gasteiger partial charge in [0.2, 0.25) is 5.91 Å². The Morgan fingerprint density at radius 1 is 1.06 bits per heavy atom. The summed E-state index contributed by atoms with van der Waals surface area (Å²) >= 11 is 6.18. The molecule has 0 radical (unpaired) electrons. The van der Waals surface area contributed by atoms with E-state index in [1.54, 1.807) is 24.3 Å². The molecule has 0 aromatic heterocycles. The summed E-state index contributed by atoms with van der Waals surface area (Å²) in [6.07, 6.45) is 2.59. The van der Waals surface area contributed by atoms with Gasteiger partial charge < -0.3 is 10.6 Å². The van der Waals surface area contributed by atoms with Crippen molar-refractivity contribution in [3.63, 3.8) is 0 Å². The molecule has 0 spiro atoms.